The predicted molar refractivity (Wildman–Crippen MR) is 63.0 cm³/mol. The van der Waals surface area contributed by atoms with Crippen LogP contribution in [0.4, 0.5) is 0 Å². The van der Waals surface area contributed by atoms with Crippen molar-refractivity contribution in [3.8, 4) is 6.07 Å². The number of carbonyl (C=O) groups excluding carboxylic acids is 1. The summed E-state index contributed by atoms with van der Waals surface area (Å²) >= 11 is 5.96. The summed E-state index contributed by atoms with van der Waals surface area (Å²) in [4.78, 5) is 11.4. The zero-order chi connectivity index (χ0) is 12.0. The number of aryl methyl sites for hydroxylation is 1. The van der Waals surface area contributed by atoms with Gasteiger partial charge in [0, 0.05) is 11.4 Å². The molecule has 0 saturated carbocycles. The average molecular weight is 237 g/mol. The lowest BCUT2D eigenvalue weighted by atomic mass is 10.1. The van der Waals surface area contributed by atoms with Gasteiger partial charge in [-0.3, -0.25) is 4.79 Å². The van der Waals surface area contributed by atoms with E-state index in [-0.39, 0.29) is 5.91 Å². The van der Waals surface area contributed by atoms with E-state index < -0.39 is 6.04 Å². The molecule has 1 N–H and O–H groups in total. The highest BCUT2D eigenvalue weighted by Crippen LogP contribution is 2.16. The smallest absolute Gasteiger partial charge is 0.221 e. The molecule has 84 valence electrons. The summed E-state index contributed by atoms with van der Waals surface area (Å²) in [6.45, 7) is 1.65. The monoisotopic (exact) mass is 236 g/mol. The fourth-order valence-electron chi connectivity index (χ4n) is 1.30. The Morgan fingerprint density at radius 3 is 2.88 bits per heavy atom. The molecule has 0 radical (unpaired) electrons. The van der Waals surface area contributed by atoms with Gasteiger partial charge >= 0.3 is 0 Å². The third kappa shape index (κ3) is 3.92. The van der Waals surface area contributed by atoms with E-state index in [1.54, 1.807) is 13.0 Å². The van der Waals surface area contributed by atoms with Crippen LogP contribution in [-0.2, 0) is 11.2 Å². The van der Waals surface area contributed by atoms with Gasteiger partial charge in [0.1, 0.15) is 6.04 Å². The molecule has 3 nitrogen and oxygen atoms in total. The second kappa shape index (κ2) is 6.14. The van der Waals surface area contributed by atoms with Crippen LogP contribution in [0.1, 0.15) is 18.9 Å². The molecule has 0 aliphatic rings. The highest BCUT2D eigenvalue weighted by atomic mass is 35.5. The van der Waals surface area contributed by atoms with E-state index in [4.69, 9.17) is 16.9 Å². The summed E-state index contributed by atoms with van der Waals surface area (Å²) in [5, 5.41) is 11.8. The number of benzene rings is 1. The lowest BCUT2D eigenvalue weighted by Crippen LogP contribution is -2.31. The van der Waals surface area contributed by atoms with Crippen LogP contribution in [0.5, 0.6) is 0 Å². The van der Waals surface area contributed by atoms with E-state index >= 15 is 0 Å². The molecule has 0 aromatic heterocycles. The number of halogens is 1. The van der Waals surface area contributed by atoms with Crippen molar-refractivity contribution in [2.75, 3.05) is 0 Å². The summed E-state index contributed by atoms with van der Waals surface area (Å²) in [5.41, 5.74) is 0.948. The molecule has 0 aliphatic heterocycles. The Morgan fingerprint density at radius 2 is 2.25 bits per heavy atom. The second-order valence-electron chi connectivity index (χ2n) is 3.51. The van der Waals surface area contributed by atoms with Gasteiger partial charge in [0.15, 0.2) is 0 Å². The molecular weight excluding hydrogens is 224 g/mol. The molecule has 16 heavy (non-hydrogen) atoms. The molecular formula is C12H13ClN2O. The lowest BCUT2D eigenvalue weighted by molar-refractivity contribution is -0.121. The maximum atomic E-state index is 11.4. The fourth-order valence-corrected chi connectivity index (χ4v) is 1.53. The zero-order valence-corrected chi connectivity index (χ0v) is 9.79. The van der Waals surface area contributed by atoms with Crippen molar-refractivity contribution in [2.45, 2.75) is 25.8 Å². The fraction of sp³-hybridized carbons (Fsp3) is 0.333. The third-order valence-corrected chi connectivity index (χ3v) is 2.52. The van der Waals surface area contributed by atoms with Crippen molar-refractivity contribution in [1.29, 1.82) is 5.26 Å². The highest BCUT2D eigenvalue weighted by molar-refractivity contribution is 6.31. The Labute approximate surface area is 100 Å². The topological polar surface area (TPSA) is 52.9 Å². The number of nitriles is 1. The highest BCUT2D eigenvalue weighted by Gasteiger charge is 2.07. The maximum Gasteiger partial charge on any atom is 0.221 e. The van der Waals surface area contributed by atoms with Gasteiger partial charge in [-0.25, -0.2) is 0 Å². The summed E-state index contributed by atoms with van der Waals surface area (Å²) < 4.78 is 0. The predicted octanol–water partition coefficient (Wildman–Crippen LogP) is 2.30. The summed E-state index contributed by atoms with van der Waals surface area (Å²) in [6.07, 6.45) is 0.930. The molecule has 1 rings (SSSR count). The first-order valence-corrected chi connectivity index (χ1v) is 5.43. The molecule has 0 fully saturated rings. The van der Waals surface area contributed by atoms with Gasteiger partial charge in [-0.1, -0.05) is 29.8 Å². The van der Waals surface area contributed by atoms with Crippen LogP contribution in [0.2, 0.25) is 5.02 Å². The van der Waals surface area contributed by atoms with Crippen LogP contribution in [-0.4, -0.2) is 11.9 Å². The van der Waals surface area contributed by atoms with Crippen LogP contribution in [0.15, 0.2) is 24.3 Å². The Balaban J connectivity index is 2.44. The molecule has 0 bridgehead atoms. The number of hydrogen-bond donors (Lipinski definition) is 1. The molecule has 0 saturated heterocycles. The van der Waals surface area contributed by atoms with E-state index in [2.05, 4.69) is 5.32 Å². The van der Waals surface area contributed by atoms with Gasteiger partial charge in [-0.15, -0.1) is 0 Å². The summed E-state index contributed by atoms with van der Waals surface area (Å²) in [7, 11) is 0. The number of nitrogens with zero attached hydrogens (tertiary/aromatic N) is 1. The van der Waals surface area contributed by atoms with Crippen molar-refractivity contribution < 1.29 is 4.79 Å². The van der Waals surface area contributed by atoms with Crippen molar-refractivity contribution in [3.63, 3.8) is 0 Å². The van der Waals surface area contributed by atoms with Crippen LogP contribution >= 0.6 is 11.6 Å². The van der Waals surface area contributed by atoms with Crippen LogP contribution in [0.25, 0.3) is 0 Å². The molecule has 1 unspecified atom stereocenters. The Bertz CT molecular complexity index is 412. The van der Waals surface area contributed by atoms with Crippen molar-refractivity contribution >= 4 is 17.5 Å². The standard InChI is InChI=1S/C12H13ClN2O/c1-9(8-14)15-12(16)7-6-10-4-2-3-5-11(10)13/h2-5,9H,6-7H2,1H3,(H,15,16). The molecule has 0 heterocycles. The number of amides is 1. The van der Waals surface area contributed by atoms with Gasteiger partial charge in [0.2, 0.25) is 5.91 Å². The molecule has 1 amide bonds. The van der Waals surface area contributed by atoms with E-state index in [1.165, 1.54) is 0 Å². The first-order chi connectivity index (χ1) is 7.63. The Kier molecular flexibility index (Phi) is 4.81. The largest absolute Gasteiger partial charge is 0.341 e. The maximum absolute atomic E-state index is 11.4. The molecule has 1 aromatic rings. The molecule has 0 aliphatic carbocycles. The van der Waals surface area contributed by atoms with E-state index in [0.717, 1.165) is 5.56 Å². The van der Waals surface area contributed by atoms with E-state index in [0.29, 0.717) is 17.9 Å². The first-order valence-electron chi connectivity index (χ1n) is 5.06. The molecule has 0 spiro atoms. The number of hydrogen-bond acceptors (Lipinski definition) is 2. The van der Waals surface area contributed by atoms with E-state index in [9.17, 15) is 4.79 Å². The quantitative estimate of drug-likeness (QED) is 0.872. The minimum Gasteiger partial charge on any atom is -0.341 e. The van der Waals surface area contributed by atoms with Gasteiger partial charge in [0.05, 0.1) is 6.07 Å². The van der Waals surface area contributed by atoms with Crippen LogP contribution < -0.4 is 5.32 Å². The lowest BCUT2D eigenvalue weighted by Gasteiger charge is -2.07. The van der Waals surface area contributed by atoms with Crippen molar-refractivity contribution in [1.82, 2.24) is 5.32 Å². The molecule has 1 aromatic carbocycles. The minimum absolute atomic E-state index is 0.131. The Hall–Kier alpha value is -1.53. The van der Waals surface area contributed by atoms with Crippen molar-refractivity contribution in [2.24, 2.45) is 0 Å². The first kappa shape index (κ1) is 12.5. The van der Waals surface area contributed by atoms with Crippen molar-refractivity contribution in [3.05, 3.63) is 34.9 Å². The van der Waals surface area contributed by atoms with Gasteiger partial charge in [0.25, 0.3) is 0 Å². The SMILES string of the molecule is CC(C#N)NC(=O)CCc1ccccc1Cl. The van der Waals surface area contributed by atoms with Crippen LogP contribution in [0.3, 0.4) is 0 Å². The van der Waals surface area contributed by atoms with Gasteiger partial charge in [-0.05, 0) is 25.0 Å². The second-order valence-corrected chi connectivity index (χ2v) is 3.92. The van der Waals surface area contributed by atoms with Crippen LogP contribution in [0, 0.1) is 11.3 Å². The third-order valence-electron chi connectivity index (χ3n) is 2.15. The Morgan fingerprint density at radius 1 is 1.56 bits per heavy atom. The van der Waals surface area contributed by atoms with E-state index in [1.807, 2.05) is 24.3 Å². The normalized spacial score (nSPS) is 11.6. The number of rotatable bonds is 4. The minimum atomic E-state index is -0.446. The van der Waals surface area contributed by atoms with Gasteiger partial charge in [-0.2, -0.15) is 5.26 Å². The summed E-state index contributed by atoms with van der Waals surface area (Å²) in [6, 6.07) is 8.93. The number of carbonyl (C=O) groups is 1. The molecule has 4 heteroatoms. The van der Waals surface area contributed by atoms with Gasteiger partial charge < -0.3 is 5.32 Å². The zero-order valence-electron chi connectivity index (χ0n) is 9.03. The molecule has 1 atom stereocenters. The summed E-state index contributed by atoms with van der Waals surface area (Å²) in [5.74, 6) is -0.131. The average Bonchev–Trinajstić information content (AvgIpc) is 2.28. The number of nitrogens with one attached hydrogen (secondary N) is 1.